The Kier molecular flexibility index (Phi) is 4.34. The Morgan fingerprint density at radius 1 is 1.35 bits per heavy atom. The lowest BCUT2D eigenvalue weighted by molar-refractivity contribution is -0.137. The van der Waals surface area contributed by atoms with Crippen molar-refractivity contribution in [3.05, 3.63) is 29.8 Å². The number of amides is 2. The summed E-state index contributed by atoms with van der Waals surface area (Å²) in [4.78, 5) is 33.7. The number of rotatable bonds is 5. The van der Waals surface area contributed by atoms with Crippen LogP contribution in [0, 0.1) is 5.92 Å². The number of carboxylic acid groups (broad SMARTS) is 1. The first-order valence-electron chi connectivity index (χ1n) is 6.43. The normalized spacial score (nSPS) is 17.6. The average Bonchev–Trinajstić information content (AvgIpc) is 2.84. The van der Waals surface area contributed by atoms with Crippen molar-refractivity contribution in [1.82, 2.24) is 5.32 Å². The van der Waals surface area contributed by atoms with Crippen LogP contribution in [0.5, 0.6) is 0 Å². The first-order chi connectivity index (χ1) is 9.56. The lowest BCUT2D eigenvalue weighted by atomic mass is 10.1. The number of hydrogen-bond donors (Lipinski definition) is 3. The molecule has 1 heterocycles. The first-order valence-corrected chi connectivity index (χ1v) is 6.43. The van der Waals surface area contributed by atoms with Crippen molar-refractivity contribution in [2.75, 3.05) is 11.9 Å². The minimum atomic E-state index is -0.878. The van der Waals surface area contributed by atoms with Crippen LogP contribution in [0.1, 0.15) is 18.4 Å². The zero-order valence-electron chi connectivity index (χ0n) is 10.9. The maximum atomic E-state index is 12.0. The molecule has 0 spiro atoms. The van der Waals surface area contributed by atoms with Gasteiger partial charge < -0.3 is 15.7 Å². The SMILES string of the molecule is O=C(O)CCc1ccccc1NC(=O)C1CNC(=O)C1. The van der Waals surface area contributed by atoms with E-state index in [0.717, 1.165) is 5.56 Å². The molecule has 6 heteroatoms. The van der Waals surface area contributed by atoms with Crippen molar-refractivity contribution < 1.29 is 19.5 Å². The van der Waals surface area contributed by atoms with Gasteiger partial charge in [-0.2, -0.15) is 0 Å². The highest BCUT2D eigenvalue weighted by Gasteiger charge is 2.28. The quantitative estimate of drug-likeness (QED) is 0.740. The smallest absolute Gasteiger partial charge is 0.303 e. The molecule has 1 aromatic carbocycles. The van der Waals surface area contributed by atoms with Gasteiger partial charge in [0.15, 0.2) is 0 Å². The van der Waals surface area contributed by atoms with Crippen LogP contribution < -0.4 is 10.6 Å². The zero-order valence-corrected chi connectivity index (χ0v) is 10.9. The molecular weight excluding hydrogens is 260 g/mol. The molecule has 0 bridgehead atoms. The van der Waals surface area contributed by atoms with E-state index in [9.17, 15) is 14.4 Å². The Bertz CT molecular complexity index is 542. The Balaban J connectivity index is 2.03. The molecule has 1 aromatic rings. The Morgan fingerprint density at radius 3 is 2.75 bits per heavy atom. The molecule has 6 nitrogen and oxygen atoms in total. The number of anilines is 1. The van der Waals surface area contributed by atoms with Gasteiger partial charge in [-0.25, -0.2) is 0 Å². The van der Waals surface area contributed by atoms with Gasteiger partial charge in [0.05, 0.1) is 5.92 Å². The van der Waals surface area contributed by atoms with Crippen molar-refractivity contribution in [3.8, 4) is 0 Å². The summed E-state index contributed by atoms with van der Waals surface area (Å²) < 4.78 is 0. The molecule has 106 valence electrons. The summed E-state index contributed by atoms with van der Waals surface area (Å²) in [6.07, 6.45) is 0.563. The van der Waals surface area contributed by atoms with Crippen LogP contribution in [-0.4, -0.2) is 29.4 Å². The minimum absolute atomic E-state index is 0.0103. The van der Waals surface area contributed by atoms with E-state index in [2.05, 4.69) is 10.6 Å². The summed E-state index contributed by atoms with van der Waals surface area (Å²) in [5.41, 5.74) is 1.39. The number of aliphatic carboxylic acids is 1. The summed E-state index contributed by atoms with van der Waals surface area (Å²) in [6, 6.07) is 7.10. The van der Waals surface area contributed by atoms with Crippen LogP contribution in [0.4, 0.5) is 5.69 Å². The van der Waals surface area contributed by atoms with Crippen LogP contribution in [0.15, 0.2) is 24.3 Å². The van der Waals surface area contributed by atoms with Crippen LogP contribution in [0.3, 0.4) is 0 Å². The highest BCUT2D eigenvalue weighted by atomic mass is 16.4. The fraction of sp³-hybridized carbons (Fsp3) is 0.357. The largest absolute Gasteiger partial charge is 0.481 e. The molecular formula is C14H16N2O4. The van der Waals surface area contributed by atoms with Crippen molar-refractivity contribution >= 4 is 23.5 Å². The molecule has 0 radical (unpaired) electrons. The highest BCUT2D eigenvalue weighted by Crippen LogP contribution is 2.19. The van der Waals surface area contributed by atoms with Crippen LogP contribution in [-0.2, 0) is 20.8 Å². The van der Waals surface area contributed by atoms with Gasteiger partial charge in [-0.05, 0) is 18.1 Å². The molecule has 1 saturated heterocycles. The van der Waals surface area contributed by atoms with Gasteiger partial charge in [0.2, 0.25) is 11.8 Å². The van der Waals surface area contributed by atoms with Crippen LogP contribution >= 0.6 is 0 Å². The molecule has 1 fully saturated rings. The van der Waals surface area contributed by atoms with Gasteiger partial charge in [-0.1, -0.05) is 18.2 Å². The van der Waals surface area contributed by atoms with E-state index in [-0.39, 0.29) is 30.6 Å². The average molecular weight is 276 g/mol. The standard InChI is InChI=1S/C14H16N2O4/c17-12-7-10(8-15-12)14(20)16-11-4-2-1-3-9(11)5-6-13(18)19/h1-4,10H,5-8H2,(H,15,17)(H,16,20)(H,18,19). The number of para-hydroxylation sites is 1. The topological polar surface area (TPSA) is 95.5 Å². The minimum Gasteiger partial charge on any atom is -0.481 e. The fourth-order valence-electron chi connectivity index (χ4n) is 2.13. The highest BCUT2D eigenvalue weighted by molar-refractivity contribution is 5.97. The summed E-state index contributed by atoms with van der Waals surface area (Å²) in [5, 5.41) is 14.1. The molecule has 0 saturated carbocycles. The van der Waals surface area contributed by atoms with Gasteiger partial charge >= 0.3 is 5.97 Å². The van der Waals surface area contributed by atoms with E-state index in [1.807, 2.05) is 0 Å². The predicted octanol–water partition coefficient (Wildman–Crippen LogP) is 0.778. The van der Waals surface area contributed by atoms with Gasteiger partial charge in [0.1, 0.15) is 0 Å². The summed E-state index contributed by atoms with van der Waals surface area (Å²) >= 11 is 0. The van der Waals surface area contributed by atoms with Gasteiger partial charge in [-0.3, -0.25) is 14.4 Å². The Hall–Kier alpha value is -2.37. The Labute approximate surface area is 116 Å². The molecule has 0 aromatic heterocycles. The molecule has 3 N–H and O–H groups in total. The second kappa shape index (κ2) is 6.18. The van der Waals surface area contributed by atoms with Crippen molar-refractivity contribution in [1.29, 1.82) is 0 Å². The molecule has 0 aliphatic carbocycles. The second-order valence-corrected chi connectivity index (χ2v) is 4.75. The number of aryl methyl sites for hydroxylation is 1. The molecule has 20 heavy (non-hydrogen) atoms. The molecule has 1 unspecified atom stereocenters. The number of carbonyl (C=O) groups excluding carboxylic acids is 2. The van der Waals surface area contributed by atoms with Crippen molar-refractivity contribution in [2.24, 2.45) is 5.92 Å². The second-order valence-electron chi connectivity index (χ2n) is 4.75. The Morgan fingerprint density at radius 2 is 2.10 bits per heavy atom. The number of carbonyl (C=O) groups is 3. The lowest BCUT2D eigenvalue weighted by Crippen LogP contribution is -2.25. The third-order valence-electron chi connectivity index (χ3n) is 3.23. The van der Waals surface area contributed by atoms with E-state index in [0.29, 0.717) is 18.7 Å². The van der Waals surface area contributed by atoms with E-state index in [4.69, 9.17) is 5.11 Å². The molecule has 1 aliphatic rings. The number of benzene rings is 1. The van der Waals surface area contributed by atoms with Crippen molar-refractivity contribution in [3.63, 3.8) is 0 Å². The molecule has 1 atom stereocenters. The van der Waals surface area contributed by atoms with E-state index >= 15 is 0 Å². The number of carboxylic acids is 1. The van der Waals surface area contributed by atoms with E-state index < -0.39 is 5.97 Å². The van der Waals surface area contributed by atoms with Crippen LogP contribution in [0.25, 0.3) is 0 Å². The fourth-order valence-corrected chi connectivity index (χ4v) is 2.13. The lowest BCUT2D eigenvalue weighted by Gasteiger charge is -2.12. The predicted molar refractivity (Wildman–Crippen MR) is 72.1 cm³/mol. The third kappa shape index (κ3) is 3.57. The van der Waals surface area contributed by atoms with Crippen molar-refractivity contribution in [2.45, 2.75) is 19.3 Å². The zero-order chi connectivity index (χ0) is 14.5. The van der Waals surface area contributed by atoms with Gasteiger partial charge in [0.25, 0.3) is 0 Å². The molecule has 2 rings (SSSR count). The summed E-state index contributed by atoms with van der Waals surface area (Å²) in [6.45, 7) is 0.349. The monoisotopic (exact) mass is 276 g/mol. The molecule has 2 amide bonds. The number of hydrogen-bond acceptors (Lipinski definition) is 3. The summed E-state index contributed by atoms with van der Waals surface area (Å²) in [5.74, 6) is -1.58. The van der Waals surface area contributed by atoms with Gasteiger partial charge in [-0.15, -0.1) is 0 Å². The van der Waals surface area contributed by atoms with Gasteiger partial charge in [0, 0.05) is 25.1 Å². The maximum absolute atomic E-state index is 12.0. The van der Waals surface area contributed by atoms with E-state index in [1.54, 1.807) is 24.3 Å². The maximum Gasteiger partial charge on any atom is 0.303 e. The van der Waals surface area contributed by atoms with E-state index in [1.165, 1.54) is 0 Å². The number of nitrogens with one attached hydrogen (secondary N) is 2. The first kappa shape index (κ1) is 14.0. The molecule has 1 aliphatic heterocycles. The summed E-state index contributed by atoms with van der Waals surface area (Å²) in [7, 11) is 0. The van der Waals surface area contributed by atoms with Crippen LogP contribution in [0.2, 0.25) is 0 Å². The third-order valence-corrected chi connectivity index (χ3v) is 3.23.